The molecule has 154 valence electrons. The number of hydrogen-bond acceptors (Lipinski definition) is 3. The summed E-state index contributed by atoms with van der Waals surface area (Å²) < 4.78 is 7.06. The van der Waals surface area contributed by atoms with Gasteiger partial charge in [-0.3, -0.25) is 0 Å². The van der Waals surface area contributed by atoms with E-state index in [9.17, 15) is 5.26 Å². The first-order valence-electron chi connectivity index (χ1n) is 10.9. The van der Waals surface area contributed by atoms with E-state index in [1.165, 1.54) is 10.4 Å². The third-order valence-corrected chi connectivity index (χ3v) is 11.1. The summed E-state index contributed by atoms with van der Waals surface area (Å²) in [5.74, 6) is 0.121. The minimum Gasteiger partial charge on any atom is -0.406 e. The quantitative estimate of drug-likeness (QED) is 0.756. The monoisotopic (exact) mass is 406 g/mol. The molecule has 0 unspecified atom stereocenters. The molecule has 3 rings (SSSR count). The number of nitrogens with one attached hydrogen (secondary N) is 1. The molecular formula is C25H34N2OSi. The summed E-state index contributed by atoms with van der Waals surface area (Å²) in [7, 11) is -2.52. The molecule has 1 heterocycles. The van der Waals surface area contributed by atoms with Crippen molar-refractivity contribution in [3.8, 4) is 6.07 Å². The summed E-state index contributed by atoms with van der Waals surface area (Å²) in [4.78, 5) is 0. The van der Waals surface area contributed by atoms with Crippen LogP contribution in [0.1, 0.15) is 46.5 Å². The molecule has 29 heavy (non-hydrogen) atoms. The van der Waals surface area contributed by atoms with Crippen LogP contribution in [-0.2, 0) is 4.43 Å². The van der Waals surface area contributed by atoms with Crippen molar-refractivity contribution in [2.75, 3.05) is 13.2 Å². The van der Waals surface area contributed by atoms with Gasteiger partial charge in [0.25, 0.3) is 8.32 Å². The Morgan fingerprint density at radius 3 is 2.10 bits per heavy atom. The van der Waals surface area contributed by atoms with Crippen LogP contribution in [0.5, 0.6) is 0 Å². The van der Waals surface area contributed by atoms with Gasteiger partial charge in [-0.1, -0.05) is 87.9 Å². The maximum atomic E-state index is 9.53. The number of nitrogens with zero attached hydrogens (tertiary/aromatic N) is 1. The topological polar surface area (TPSA) is 45.0 Å². The summed E-state index contributed by atoms with van der Waals surface area (Å²) in [5.41, 5.74) is 0. The zero-order valence-electron chi connectivity index (χ0n) is 18.0. The lowest BCUT2D eigenvalue weighted by atomic mass is 9.94. The first-order chi connectivity index (χ1) is 14.0. The third kappa shape index (κ3) is 4.98. The molecule has 0 saturated carbocycles. The highest BCUT2D eigenvalue weighted by Gasteiger charge is 2.50. The van der Waals surface area contributed by atoms with Gasteiger partial charge in [0, 0.05) is 12.0 Å². The van der Waals surface area contributed by atoms with E-state index in [4.69, 9.17) is 4.43 Å². The maximum absolute atomic E-state index is 9.53. The average Bonchev–Trinajstić information content (AvgIpc) is 2.70. The second-order valence-corrected chi connectivity index (χ2v) is 13.5. The second-order valence-electron chi connectivity index (χ2n) is 9.18. The smallest absolute Gasteiger partial charge is 0.261 e. The molecule has 0 spiro atoms. The Balaban J connectivity index is 1.96. The molecule has 0 amide bonds. The van der Waals surface area contributed by atoms with Crippen LogP contribution in [0.4, 0.5) is 0 Å². The number of hydrogen-bond donors (Lipinski definition) is 1. The van der Waals surface area contributed by atoms with Gasteiger partial charge in [-0.15, -0.1) is 0 Å². The lowest BCUT2D eigenvalue weighted by molar-refractivity contribution is 0.225. The highest BCUT2D eigenvalue weighted by Crippen LogP contribution is 2.37. The minimum absolute atomic E-state index is 0.0219. The van der Waals surface area contributed by atoms with Gasteiger partial charge < -0.3 is 9.74 Å². The van der Waals surface area contributed by atoms with Crippen molar-refractivity contribution in [1.29, 1.82) is 5.26 Å². The van der Waals surface area contributed by atoms with Gasteiger partial charge in [0.1, 0.15) is 0 Å². The molecule has 1 aliphatic rings. The van der Waals surface area contributed by atoms with Crippen LogP contribution in [0, 0.1) is 17.2 Å². The van der Waals surface area contributed by atoms with Gasteiger partial charge in [-0.25, -0.2) is 0 Å². The highest BCUT2D eigenvalue weighted by atomic mass is 28.4. The zero-order valence-corrected chi connectivity index (χ0v) is 19.0. The number of nitriles is 1. The minimum atomic E-state index is -2.52. The van der Waals surface area contributed by atoms with E-state index in [-0.39, 0.29) is 17.0 Å². The fraction of sp³-hybridized carbons (Fsp3) is 0.480. The van der Waals surface area contributed by atoms with E-state index >= 15 is 0 Å². The van der Waals surface area contributed by atoms with E-state index in [0.717, 1.165) is 32.2 Å². The number of rotatable bonds is 5. The molecule has 0 radical (unpaired) electrons. The van der Waals surface area contributed by atoms with E-state index in [0.29, 0.717) is 6.61 Å². The van der Waals surface area contributed by atoms with Crippen LogP contribution in [0.25, 0.3) is 0 Å². The van der Waals surface area contributed by atoms with Crippen LogP contribution in [-0.4, -0.2) is 27.5 Å². The van der Waals surface area contributed by atoms with E-state index in [2.05, 4.69) is 92.8 Å². The summed E-state index contributed by atoms with van der Waals surface area (Å²) in [6.45, 7) is 8.58. The largest absolute Gasteiger partial charge is 0.406 e. The van der Waals surface area contributed by atoms with Crippen LogP contribution < -0.4 is 15.7 Å². The SMILES string of the molecule is CC(C)(C)[Si](OC[C@@H]1C[C@@H](C#N)CCCCN1)(c1ccccc1)c1ccccc1. The van der Waals surface area contributed by atoms with Crippen molar-refractivity contribution < 1.29 is 4.43 Å². The Labute approximate surface area is 177 Å². The van der Waals surface area contributed by atoms with Gasteiger partial charge in [0.15, 0.2) is 0 Å². The third-order valence-electron chi connectivity index (χ3n) is 6.08. The highest BCUT2D eigenvalue weighted by molar-refractivity contribution is 6.99. The zero-order chi connectivity index (χ0) is 20.7. The van der Waals surface area contributed by atoms with Crippen molar-refractivity contribution in [3.05, 3.63) is 60.7 Å². The Kier molecular flexibility index (Phi) is 7.29. The van der Waals surface area contributed by atoms with Crippen LogP contribution in [0.3, 0.4) is 0 Å². The summed E-state index contributed by atoms with van der Waals surface area (Å²) in [6.07, 6.45) is 4.14. The molecular weight excluding hydrogens is 372 g/mol. The van der Waals surface area contributed by atoms with E-state index < -0.39 is 8.32 Å². The average molecular weight is 407 g/mol. The lowest BCUT2D eigenvalue weighted by Crippen LogP contribution is -2.67. The Morgan fingerprint density at radius 1 is 1.00 bits per heavy atom. The van der Waals surface area contributed by atoms with Crippen LogP contribution >= 0.6 is 0 Å². The van der Waals surface area contributed by atoms with Crippen molar-refractivity contribution in [1.82, 2.24) is 5.32 Å². The van der Waals surface area contributed by atoms with Gasteiger partial charge in [-0.05, 0) is 41.2 Å². The Bertz CT molecular complexity index is 756. The normalized spacial score (nSPS) is 21.0. The first kappa shape index (κ1) is 21.8. The van der Waals surface area contributed by atoms with Gasteiger partial charge in [0.2, 0.25) is 0 Å². The Morgan fingerprint density at radius 2 is 1.59 bits per heavy atom. The number of benzene rings is 2. The molecule has 1 aliphatic heterocycles. The molecule has 2 aromatic rings. The van der Waals surface area contributed by atoms with Gasteiger partial charge >= 0.3 is 0 Å². The molecule has 4 heteroatoms. The predicted octanol–water partition coefficient (Wildman–Crippen LogP) is 4.23. The van der Waals surface area contributed by atoms with Gasteiger partial charge in [0.05, 0.1) is 12.7 Å². The molecule has 1 N–H and O–H groups in total. The lowest BCUT2D eigenvalue weighted by Gasteiger charge is -2.44. The van der Waals surface area contributed by atoms with Crippen molar-refractivity contribution in [2.24, 2.45) is 5.92 Å². The fourth-order valence-electron chi connectivity index (χ4n) is 4.60. The Hall–Kier alpha value is -1.93. The molecule has 0 aromatic heterocycles. The molecule has 1 fully saturated rings. The second kappa shape index (κ2) is 9.71. The maximum Gasteiger partial charge on any atom is 0.261 e. The first-order valence-corrected chi connectivity index (χ1v) is 12.8. The van der Waals surface area contributed by atoms with Crippen molar-refractivity contribution in [3.63, 3.8) is 0 Å². The molecule has 3 nitrogen and oxygen atoms in total. The summed E-state index contributed by atoms with van der Waals surface area (Å²) in [5, 5.41) is 15.8. The van der Waals surface area contributed by atoms with Gasteiger partial charge in [-0.2, -0.15) is 5.26 Å². The standard InChI is InChI=1S/C25H34N2OSi/c1-25(2,3)29(23-13-6-4-7-14-23,24-15-8-5-9-16-24)28-20-22-18-21(19-26)12-10-11-17-27-22/h4-9,13-16,21-22,27H,10-12,17-18,20H2,1-3H3/t21-,22-/m0/s1. The predicted molar refractivity (Wildman–Crippen MR) is 123 cm³/mol. The fourth-order valence-corrected chi connectivity index (χ4v) is 9.20. The van der Waals surface area contributed by atoms with Crippen LogP contribution in [0.15, 0.2) is 60.7 Å². The summed E-state index contributed by atoms with van der Waals surface area (Å²) >= 11 is 0. The molecule has 2 atom stereocenters. The molecule has 0 bridgehead atoms. The summed E-state index contributed by atoms with van der Waals surface area (Å²) in [6, 6.07) is 24.3. The van der Waals surface area contributed by atoms with Crippen molar-refractivity contribution >= 4 is 18.7 Å². The van der Waals surface area contributed by atoms with Crippen LogP contribution in [0.2, 0.25) is 5.04 Å². The molecule has 0 aliphatic carbocycles. The molecule has 1 saturated heterocycles. The molecule has 2 aromatic carbocycles. The van der Waals surface area contributed by atoms with Crippen molar-refractivity contribution in [2.45, 2.75) is 57.5 Å². The van der Waals surface area contributed by atoms with E-state index in [1.807, 2.05) is 0 Å². The van der Waals surface area contributed by atoms with E-state index in [1.54, 1.807) is 0 Å².